The SMILES string of the molecule is COC(=O)O[C@@H]1C[C@@]23COCC(C2CCC2C3=CC(=O)C3C2CCC(CC(C)C)C3C(=O)O)[C@H]1OCCO. The van der Waals surface area contributed by atoms with Crippen LogP contribution in [0.15, 0.2) is 11.6 Å². The van der Waals surface area contributed by atoms with Gasteiger partial charge in [-0.2, -0.15) is 0 Å². The van der Waals surface area contributed by atoms with Gasteiger partial charge in [0.25, 0.3) is 0 Å². The van der Waals surface area contributed by atoms with E-state index in [2.05, 4.69) is 13.8 Å². The fourth-order valence-corrected chi connectivity index (χ4v) is 9.12. The fourth-order valence-electron chi connectivity index (χ4n) is 9.12. The van der Waals surface area contributed by atoms with Crippen molar-refractivity contribution in [3.05, 3.63) is 11.6 Å². The van der Waals surface area contributed by atoms with Crippen LogP contribution in [0.1, 0.15) is 52.4 Å². The Morgan fingerprint density at radius 1 is 1.18 bits per heavy atom. The lowest BCUT2D eigenvalue weighted by atomic mass is 9.45. The van der Waals surface area contributed by atoms with Crippen LogP contribution in [0.25, 0.3) is 0 Å². The first-order valence-corrected chi connectivity index (χ1v) is 14.2. The number of ether oxygens (including phenoxy) is 4. The molecule has 10 atom stereocenters. The number of hydrogen-bond acceptors (Lipinski definition) is 8. The van der Waals surface area contributed by atoms with Gasteiger partial charge in [-0.15, -0.1) is 0 Å². The molecule has 212 valence electrons. The topological polar surface area (TPSA) is 129 Å². The summed E-state index contributed by atoms with van der Waals surface area (Å²) in [5.74, 6) is -1.40. The van der Waals surface area contributed by atoms with E-state index in [0.29, 0.717) is 25.6 Å². The average Bonchev–Trinajstić information content (AvgIpc) is 2.87. The predicted octanol–water partition coefficient (Wildman–Crippen LogP) is 3.48. The van der Waals surface area contributed by atoms with Crippen LogP contribution in [0.2, 0.25) is 0 Å². The molecule has 2 bridgehead atoms. The lowest BCUT2D eigenvalue weighted by Crippen LogP contribution is -2.64. The van der Waals surface area contributed by atoms with E-state index in [1.807, 2.05) is 0 Å². The Morgan fingerprint density at radius 2 is 1.97 bits per heavy atom. The van der Waals surface area contributed by atoms with Crippen molar-refractivity contribution in [2.75, 3.05) is 33.5 Å². The van der Waals surface area contributed by atoms with Gasteiger partial charge in [-0.3, -0.25) is 9.59 Å². The number of fused-ring (bicyclic) bond motifs is 3. The van der Waals surface area contributed by atoms with E-state index in [1.54, 1.807) is 6.08 Å². The van der Waals surface area contributed by atoms with E-state index in [0.717, 1.165) is 37.7 Å². The van der Waals surface area contributed by atoms with Gasteiger partial charge in [0.2, 0.25) is 0 Å². The molecule has 0 aromatic carbocycles. The quantitative estimate of drug-likeness (QED) is 0.472. The van der Waals surface area contributed by atoms with Crippen LogP contribution in [0.5, 0.6) is 0 Å². The Labute approximate surface area is 224 Å². The van der Waals surface area contributed by atoms with Crippen molar-refractivity contribution in [2.24, 2.45) is 52.8 Å². The van der Waals surface area contributed by atoms with Gasteiger partial charge in [-0.1, -0.05) is 19.4 Å². The zero-order chi connectivity index (χ0) is 27.2. The summed E-state index contributed by atoms with van der Waals surface area (Å²) in [6.45, 7) is 5.10. The first-order valence-electron chi connectivity index (χ1n) is 14.2. The molecule has 0 aromatic rings. The Morgan fingerprint density at radius 3 is 2.66 bits per heavy atom. The third-order valence-electron chi connectivity index (χ3n) is 10.3. The molecule has 9 heteroatoms. The summed E-state index contributed by atoms with van der Waals surface area (Å²) in [4.78, 5) is 38.6. The molecule has 0 amide bonds. The van der Waals surface area contributed by atoms with Gasteiger partial charge in [-0.05, 0) is 74.2 Å². The Kier molecular flexibility index (Phi) is 7.91. The van der Waals surface area contributed by atoms with Gasteiger partial charge >= 0.3 is 12.1 Å². The Bertz CT molecular complexity index is 960. The van der Waals surface area contributed by atoms with Gasteiger partial charge in [0.1, 0.15) is 6.10 Å². The molecule has 7 unspecified atom stereocenters. The number of rotatable bonds is 7. The number of aliphatic carboxylic acids is 1. The lowest BCUT2D eigenvalue weighted by molar-refractivity contribution is -0.219. The molecule has 5 aliphatic rings. The van der Waals surface area contributed by atoms with Crippen molar-refractivity contribution in [3.8, 4) is 0 Å². The summed E-state index contributed by atoms with van der Waals surface area (Å²) in [5, 5.41) is 19.7. The van der Waals surface area contributed by atoms with E-state index in [4.69, 9.17) is 18.9 Å². The largest absolute Gasteiger partial charge is 0.508 e. The van der Waals surface area contributed by atoms with E-state index in [1.165, 1.54) is 7.11 Å². The highest BCUT2D eigenvalue weighted by atomic mass is 16.7. The second-order valence-electron chi connectivity index (χ2n) is 12.5. The molecule has 9 nitrogen and oxygen atoms in total. The third-order valence-corrected chi connectivity index (χ3v) is 10.3. The van der Waals surface area contributed by atoms with Crippen LogP contribution in [-0.2, 0) is 28.5 Å². The van der Waals surface area contributed by atoms with Crippen LogP contribution in [0.3, 0.4) is 0 Å². The number of carbonyl (C=O) groups excluding carboxylic acids is 2. The van der Waals surface area contributed by atoms with E-state index in [-0.39, 0.29) is 48.6 Å². The number of hydrogen-bond donors (Lipinski definition) is 2. The number of ketones is 1. The molecule has 1 saturated heterocycles. The maximum Gasteiger partial charge on any atom is 0.508 e. The first kappa shape index (κ1) is 27.6. The minimum Gasteiger partial charge on any atom is -0.481 e. The highest BCUT2D eigenvalue weighted by molar-refractivity contribution is 5.97. The highest BCUT2D eigenvalue weighted by Gasteiger charge is 2.64. The molecular weight excluding hydrogens is 492 g/mol. The number of aliphatic hydroxyl groups excluding tert-OH is 1. The Balaban J connectivity index is 1.51. The maximum atomic E-state index is 13.8. The van der Waals surface area contributed by atoms with Crippen LogP contribution >= 0.6 is 0 Å². The molecule has 0 spiro atoms. The summed E-state index contributed by atoms with van der Waals surface area (Å²) in [6, 6.07) is 0. The van der Waals surface area contributed by atoms with Gasteiger partial charge in [0.05, 0.1) is 45.6 Å². The number of allylic oxidation sites excluding steroid dienone is 1. The first-order chi connectivity index (χ1) is 18.2. The zero-order valence-corrected chi connectivity index (χ0v) is 22.7. The van der Waals surface area contributed by atoms with Crippen LogP contribution < -0.4 is 0 Å². The monoisotopic (exact) mass is 534 g/mol. The van der Waals surface area contributed by atoms with Crippen LogP contribution in [-0.4, -0.2) is 73.9 Å². The minimum absolute atomic E-state index is 0.00560. The predicted molar refractivity (Wildman–Crippen MR) is 135 cm³/mol. The number of carboxylic acid groups (broad SMARTS) is 1. The average molecular weight is 535 g/mol. The highest BCUT2D eigenvalue weighted by Crippen LogP contribution is 2.64. The summed E-state index contributed by atoms with van der Waals surface area (Å²) in [6.07, 6.45) is 4.72. The molecule has 3 saturated carbocycles. The molecule has 0 radical (unpaired) electrons. The standard InChI is InChI=1S/C29H42O9/c1-15(2)10-16-4-5-18-17-6-7-20-19-13-36-14-29(20,21(17)11-22(31)25(18)24(16)27(32)33)12-23(38-28(34)35-3)26(19)37-9-8-30/h11,15-20,23-26,30H,4-10,12-14H2,1-3H3,(H,32,33)/t16?,17?,18?,19?,20?,23-,24?,25?,26-,29-/m1/s1. The van der Waals surface area contributed by atoms with Crippen molar-refractivity contribution in [3.63, 3.8) is 0 Å². The van der Waals surface area contributed by atoms with Gasteiger partial charge in [0, 0.05) is 17.3 Å². The number of carboxylic acids is 1. The summed E-state index contributed by atoms with van der Waals surface area (Å²) in [5.41, 5.74) is 0.591. The van der Waals surface area contributed by atoms with Crippen molar-refractivity contribution in [2.45, 2.75) is 64.6 Å². The van der Waals surface area contributed by atoms with E-state index in [9.17, 15) is 24.6 Å². The van der Waals surface area contributed by atoms with Crippen molar-refractivity contribution >= 4 is 17.9 Å². The fraction of sp³-hybridized carbons (Fsp3) is 0.828. The van der Waals surface area contributed by atoms with Gasteiger partial charge in [0.15, 0.2) is 5.78 Å². The molecule has 0 aromatic heterocycles. The third kappa shape index (κ3) is 4.58. The van der Waals surface area contributed by atoms with Crippen LogP contribution in [0, 0.1) is 52.8 Å². The maximum absolute atomic E-state index is 13.8. The zero-order valence-electron chi connectivity index (χ0n) is 22.7. The van der Waals surface area contributed by atoms with E-state index >= 15 is 0 Å². The molecule has 4 fully saturated rings. The normalized spacial score (nSPS) is 41.9. The minimum atomic E-state index is -0.850. The summed E-state index contributed by atoms with van der Waals surface area (Å²) in [7, 11) is 1.27. The van der Waals surface area contributed by atoms with Crippen LogP contribution in [0.4, 0.5) is 4.79 Å². The Hall–Kier alpha value is -1.97. The molecule has 2 N–H and O–H groups in total. The number of carbonyl (C=O) groups is 3. The van der Waals surface area contributed by atoms with Crippen molar-refractivity contribution in [1.82, 2.24) is 0 Å². The molecule has 5 rings (SSSR count). The lowest BCUT2D eigenvalue weighted by Gasteiger charge is -2.62. The van der Waals surface area contributed by atoms with Gasteiger partial charge in [-0.25, -0.2) is 4.79 Å². The molecule has 38 heavy (non-hydrogen) atoms. The van der Waals surface area contributed by atoms with Crippen molar-refractivity contribution < 1.29 is 43.5 Å². The summed E-state index contributed by atoms with van der Waals surface area (Å²) < 4.78 is 22.7. The smallest absolute Gasteiger partial charge is 0.481 e. The van der Waals surface area contributed by atoms with E-state index < -0.39 is 41.6 Å². The second kappa shape index (κ2) is 10.9. The van der Waals surface area contributed by atoms with Gasteiger partial charge < -0.3 is 29.2 Å². The molecule has 1 heterocycles. The number of aliphatic hydroxyl groups is 1. The summed E-state index contributed by atoms with van der Waals surface area (Å²) >= 11 is 0. The van der Waals surface area contributed by atoms with Crippen molar-refractivity contribution in [1.29, 1.82) is 0 Å². The second-order valence-corrected chi connectivity index (χ2v) is 12.5. The molecule has 4 aliphatic carbocycles. The number of methoxy groups -OCH3 is 1. The molecule has 1 aliphatic heterocycles. The molecular formula is C29H42O9.